The minimum absolute atomic E-state index is 0.410. The lowest BCUT2D eigenvalue weighted by Crippen LogP contribution is -2.70. The number of hydrogen-bond donors (Lipinski definition) is 0. The maximum Gasteiger partial charge on any atom is 0.213 e. The zero-order chi connectivity index (χ0) is 11.7. The van der Waals surface area contributed by atoms with Gasteiger partial charge in [-0.15, -0.1) is 12.3 Å². The van der Waals surface area contributed by atoms with Gasteiger partial charge in [0.25, 0.3) is 0 Å². The molecule has 4 heterocycles. The van der Waals surface area contributed by atoms with Crippen molar-refractivity contribution in [1.29, 1.82) is 0 Å². The van der Waals surface area contributed by atoms with Crippen molar-refractivity contribution in [2.24, 2.45) is 5.41 Å². The van der Waals surface area contributed by atoms with Gasteiger partial charge in [0, 0.05) is 12.8 Å². The van der Waals surface area contributed by atoms with Gasteiger partial charge in [0.1, 0.15) is 0 Å². The predicted octanol–water partition coefficient (Wildman–Crippen LogP) is 1.95. The third-order valence-electron chi connectivity index (χ3n) is 4.33. The first-order valence-corrected chi connectivity index (χ1v) is 5.59. The van der Waals surface area contributed by atoms with Gasteiger partial charge in [-0.2, -0.15) is 9.78 Å². The van der Waals surface area contributed by atoms with Crippen molar-refractivity contribution < 1.29 is 19.2 Å². The van der Waals surface area contributed by atoms with Crippen molar-refractivity contribution in [2.45, 2.75) is 57.4 Å². The van der Waals surface area contributed by atoms with Crippen LogP contribution in [0.25, 0.3) is 0 Å². The van der Waals surface area contributed by atoms with Crippen LogP contribution in [0.2, 0.25) is 0 Å². The highest BCUT2D eigenvalue weighted by atomic mass is 17.3. The van der Waals surface area contributed by atoms with E-state index in [2.05, 4.69) is 5.92 Å². The second-order valence-electron chi connectivity index (χ2n) is 5.36. The molecular weight excluding hydrogens is 208 g/mol. The molecule has 4 nitrogen and oxygen atoms in total. The van der Waals surface area contributed by atoms with E-state index < -0.39 is 22.8 Å². The van der Waals surface area contributed by atoms with Crippen LogP contribution in [-0.4, -0.2) is 17.4 Å². The molecule has 4 bridgehead atoms. The molecule has 4 aliphatic heterocycles. The van der Waals surface area contributed by atoms with Gasteiger partial charge in [0.15, 0.2) is 5.79 Å². The lowest BCUT2D eigenvalue weighted by Gasteiger charge is -2.59. The van der Waals surface area contributed by atoms with Crippen molar-refractivity contribution in [3.05, 3.63) is 0 Å². The fourth-order valence-electron chi connectivity index (χ4n) is 3.39. The Bertz CT molecular complexity index is 365. The zero-order valence-electron chi connectivity index (χ0n) is 9.83. The van der Waals surface area contributed by atoms with Gasteiger partial charge in [-0.1, -0.05) is 0 Å². The van der Waals surface area contributed by atoms with Crippen LogP contribution in [0.4, 0.5) is 0 Å². The Morgan fingerprint density at radius 1 is 1.06 bits per heavy atom. The van der Waals surface area contributed by atoms with E-state index in [1.165, 1.54) is 0 Å². The molecule has 0 aromatic heterocycles. The Labute approximate surface area is 95.1 Å². The van der Waals surface area contributed by atoms with Gasteiger partial charge in [-0.25, -0.2) is 0 Å². The van der Waals surface area contributed by atoms with Gasteiger partial charge < -0.3 is 9.47 Å². The van der Waals surface area contributed by atoms with E-state index in [1.807, 2.05) is 20.8 Å². The summed E-state index contributed by atoms with van der Waals surface area (Å²) in [4.78, 5) is 10.8. The highest BCUT2D eigenvalue weighted by Gasteiger charge is 2.78. The summed E-state index contributed by atoms with van der Waals surface area (Å²) in [6.45, 7) is 5.69. The summed E-state index contributed by atoms with van der Waals surface area (Å²) in [5.41, 5.74) is -0.410. The van der Waals surface area contributed by atoms with Crippen LogP contribution < -0.4 is 0 Å². The van der Waals surface area contributed by atoms with Crippen molar-refractivity contribution in [1.82, 2.24) is 0 Å². The maximum absolute atomic E-state index is 5.91. The number of ether oxygens (including phenoxy) is 2. The molecule has 4 heteroatoms. The van der Waals surface area contributed by atoms with E-state index in [0.717, 1.165) is 12.8 Å². The van der Waals surface area contributed by atoms with Crippen molar-refractivity contribution >= 4 is 0 Å². The Hall–Kier alpha value is -0.600. The summed E-state index contributed by atoms with van der Waals surface area (Å²) in [6, 6.07) is 0. The topological polar surface area (TPSA) is 36.9 Å². The van der Waals surface area contributed by atoms with Crippen molar-refractivity contribution in [2.75, 3.05) is 0 Å². The molecule has 0 N–H and O–H groups in total. The first kappa shape index (κ1) is 10.5. The summed E-state index contributed by atoms with van der Waals surface area (Å²) in [5.74, 6) is 0.457. The van der Waals surface area contributed by atoms with Gasteiger partial charge in [0.2, 0.25) is 11.6 Å². The molecule has 0 radical (unpaired) electrons. The van der Waals surface area contributed by atoms with E-state index >= 15 is 0 Å². The van der Waals surface area contributed by atoms with Gasteiger partial charge >= 0.3 is 0 Å². The van der Waals surface area contributed by atoms with Crippen LogP contribution in [0.5, 0.6) is 0 Å². The van der Waals surface area contributed by atoms with E-state index in [0.29, 0.717) is 6.42 Å². The van der Waals surface area contributed by atoms with Crippen LogP contribution in [0.1, 0.15) is 40.0 Å². The molecule has 0 spiro atoms. The fraction of sp³-hybridized carbons (Fsp3) is 0.833. The normalized spacial score (nSPS) is 58.6. The molecule has 16 heavy (non-hydrogen) atoms. The first-order valence-electron chi connectivity index (χ1n) is 5.59. The monoisotopic (exact) mass is 224 g/mol. The molecule has 4 aliphatic rings. The molecule has 2 unspecified atom stereocenters. The zero-order valence-corrected chi connectivity index (χ0v) is 9.83. The summed E-state index contributed by atoms with van der Waals surface area (Å²) >= 11 is 0. The summed E-state index contributed by atoms with van der Waals surface area (Å²) in [6.07, 6.45) is 7.69. The van der Waals surface area contributed by atoms with Crippen LogP contribution in [-0.2, 0) is 19.2 Å². The largest absolute Gasteiger partial charge is 0.315 e. The summed E-state index contributed by atoms with van der Waals surface area (Å²) in [5, 5.41) is 0. The highest BCUT2D eigenvalue weighted by Crippen LogP contribution is 2.67. The number of terminal acetylenes is 1. The third kappa shape index (κ3) is 0.917. The van der Waals surface area contributed by atoms with E-state index in [4.69, 9.17) is 25.7 Å². The Kier molecular flexibility index (Phi) is 1.73. The lowest BCUT2D eigenvalue weighted by molar-refractivity contribution is -0.453. The maximum atomic E-state index is 5.91. The average molecular weight is 224 g/mol. The lowest BCUT2D eigenvalue weighted by atomic mass is 9.63. The second-order valence-corrected chi connectivity index (χ2v) is 5.36. The van der Waals surface area contributed by atoms with E-state index in [1.54, 1.807) is 0 Å². The molecule has 0 amide bonds. The first-order chi connectivity index (χ1) is 7.39. The van der Waals surface area contributed by atoms with Gasteiger partial charge in [-0.05, 0) is 27.2 Å². The SMILES string of the molecule is C#CCC12CCC3(C)O[C@]1(C)OO[C@]2(C)O3. The Morgan fingerprint density at radius 3 is 2.12 bits per heavy atom. The number of hydrogen-bond acceptors (Lipinski definition) is 4. The number of fused-ring (bicyclic) bond motifs is 1. The Morgan fingerprint density at radius 2 is 1.62 bits per heavy atom. The van der Waals surface area contributed by atoms with E-state index in [9.17, 15) is 0 Å². The molecule has 0 aromatic rings. The van der Waals surface area contributed by atoms with Crippen LogP contribution in [0.15, 0.2) is 0 Å². The quantitative estimate of drug-likeness (QED) is 0.504. The number of rotatable bonds is 1. The molecule has 88 valence electrons. The third-order valence-corrected chi connectivity index (χ3v) is 4.33. The van der Waals surface area contributed by atoms with Crippen molar-refractivity contribution in [3.63, 3.8) is 0 Å². The molecule has 4 rings (SSSR count). The van der Waals surface area contributed by atoms with Gasteiger partial charge in [-0.3, -0.25) is 0 Å². The molecule has 0 aromatic carbocycles. The van der Waals surface area contributed by atoms with Crippen LogP contribution in [0, 0.1) is 17.8 Å². The Balaban J connectivity index is 2.14. The fourth-order valence-corrected chi connectivity index (χ4v) is 3.39. The summed E-state index contributed by atoms with van der Waals surface area (Å²) in [7, 11) is 0. The molecule has 4 atom stereocenters. The molecule has 0 aliphatic carbocycles. The minimum Gasteiger partial charge on any atom is -0.315 e. The summed E-state index contributed by atoms with van der Waals surface area (Å²) < 4.78 is 11.8. The molecular formula is C12H16O4. The smallest absolute Gasteiger partial charge is 0.213 e. The van der Waals surface area contributed by atoms with Crippen LogP contribution >= 0.6 is 0 Å². The molecule has 4 saturated heterocycles. The molecule has 4 fully saturated rings. The van der Waals surface area contributed by atoms with Crippen LogP contribution in [0.3, 0.4) is 0 Å². The second kappa shape index (κ2) is 2.62. The molecule has 0 saturated carbocycles. The van der Waals surface area contributed by atoms with Crippen molar-refractivity contribution in [3.8, 4) is 12.3 Å². The predicted molar refractivity (Wildman–Crippen MR) is 54.7 cm³/mol. The van der Waals surface area contributed by atoms with E-state index in [-0.39, 0.29) is 0 Å². The standard InChI is InChI=1S/C12H16O4/c1-5-6-12-8-7-9(2)13-10(12,3)15-16-11(12,4)14-9/h1H,6-8H2,2-4H3/t9?,10-,11+,12?. The average Bonchev–Trinajstić information content (AvgIpc) is 2.33. The highest BCUT2D eigenvalue weighted by molar-refractivity contribution is 5.14. The minimum atomic E-state index is -0.806. The van der Waals surface area contributed by atoms with Gasteiger partial charge in [0.05, 0.1) is 5.41 Å².